The van der Waals surface area contributed by atoms with E-state index in [1.807, 2.05) is 0 Å². The highest BCUT2D eigenvalue weighted by Gasteiger charge is 2.26. The summed E-state index contributed by atoms with van der Waals surface area (Å²) in [4.78, 5) is 4.97. The number of allylic oxidation sites excluding steroid dienone is 4. The third-order valence-electron chi connectivity index (χ3n) is 19.3. The van der Waals surface area contributed by atoms with Crippen LogP contribution in [0.5, 0.6) is 0 Å². The van der Waals surface area contributed by atoms with Gasteiger partial charge in [0.15, 0.2) is 0 Å². The van der Waals surface area contributed by atoms with Crippen LogP contribution in [0.2, 0.25) is 0 Å². The second kappa shape index (κ2) is 24.6. The number of anilines is 6. The van der Waals surface area contributed by atoms with Gasteiger partial charge < -0.3 is 9.80 Å². The molecule has 0 saturated heterocycles. The molecule has 0 heterocycles. The van der Waals surface area contributed by atoms with Gasteiger partial charge in [0.25, 0.3) is 0 Å². The third-order valence-corrected chi connectivity index (χ3v) is 19.3. The van der Waals surface area contributed by atoms with Crippen LogP contribution in [0.4, 0.5) is 34.1 Å². The number of fused-ring (bicyclic) bond motifs is 5. The average molecular weight is 1180 g/mol. The van der Waals surface area contributed by atoms with Gasteiger partial charge in [-0.15, -0.1) is 0 Å². The van der Waals surface area contributed by atoms with E-state index in [1.165, 1.54) is 127 Å². The summed E-state index contributed by atoms with van der Waals surface area (Å²) >= 11 is 0. The fourth-order valence-electron chi connectivity index (χ4n) is 14.3. The molecule has 2 nitrogen and oxygen atoms in total. The van der Waals surface area contributed by atoms with E-state index in [9.17, 15) is 0 Å². The zero-order valence-corrected chi connectivity index (χ0v) is 53.8. The fourth-order valence-corrected chi connectivity index (χ4v) is 14.3. The Bertz CT molecular complexity index is 4890. The van der Waals surface area contributed by atoms with E-state index >= 15 is 0 Å². The third kappa shape index (κ3) is 11.4. The minimum absolute atomic E-state index is 0.492. The Morgan fingerprint density at radius 3 is 1.04 bits per heavy atom. The van der Waals surface area contributed by atoms with Crippen LogP contribution in [0, 0.1) is 45.4 Å². The van der Waals surface area contributed by atoms with Gasteiger partial charge in [0.05, 0.1) is 11.4 Å². The van der Waals surface area contributed by atoms with Crippen molar-refractivity contribution in [1.29, 1.82) is 0 Å². The van der Waals surface area contributed by atoms with Crippen LogP contribution in [-0.2, 0) is 0 Å². The average Bonchev–Trinajstić information content (AvgIpc) is 0.810. The lowest BCUT2D eigenvalue weighted by Gasteiger charge is -2.31. The topological polar surface area (TPSA) is 6.48 Å². The lowest BCUT2D eigenvalue weighted by atomic mass is 9.75. The highest BCUT2D eigenvalue weighted by atomic mass is 15.2. The number of hydrogen-bond acceptors (Lipinski definition) is 2. The molecule has 0 N–H and O–H groups in total. The smallest absolute Gasteiger partial charge is 0.0546 e. The van der Waals surface area contributed by atoms with E-state index in [4.69, 9.17) is 0 Å². The first-order valence-electron chi connectivity index (χ1n) is 32.5. The van der Waals surface area contributed by atoms with E-state index < -0.39 is 0 Å². The van der Waals surface area contributed by atoms with Crippen LogP contribution in [0.1, 0.15) is 73.9 Å². The first kappa shape index (κ1) is 58.4. The largest absolute Gasteiger partial charge is 0.310 e. The molecular formula is C89H78N2. The highest BCUT2D eigenvalue weighted by molar-refractivity contribution is 6.24. The standard InChI is InChI=1S/C89H78N2/c1-57(2)74-16-14-17-75(54-74)72-36-34-66(35-37-72)64-26-30-67(31-27-64)70-42-46-76(47-43-70)90(86-50-24-59(5)52-61(86)7)88-55-84-81-19-11-13-21-83(81)89(56-85(84)80-18-10-12-20-82(80)88)91(87-51-25-60(6)53-62(87)8)77-48-44-71(45-49-77)68-32-28-65(29-33-68)69-38-40-73(41-39-69)79-23-15-22-78(58(3)4)63(79)9/h10-58,63,78H,1-9H3. The molecule has 13 aromatic carbocycles. The molecule has 1 aliphatic carbocycles. The maximum Gasteiger partial charge on any atom is 0.0546 e. The van der Waals surface area contributed by atoms with Crippen molar-refractivity contribution in [2.45, 2.75) is 68.2 Å². The lowest BCUT2D eigenvalue weighted by molar-refractivity contribution is 0.390. The van der Waals surface area contributed by atoms with Crippen LogP contribution in [0.3, 0.4) is 0 Å². The van der Waals surface area contributed by atoms with Crippen molar-refractivity contribution in [1.82, 2.24) is 0 Å². The molecule has 91 heavy (non-hydrogen) atoms. The zero-order chi connectivity index (χ0) is 62.4. The van der Waals surface area contributed by atoms with Crippen molar-refractivity contribution in [2.24, 2.45) is 17.8 Å². The van der Waals surface area contributed by atoms with E-state index in [1.54, 1.807) is 0 Å². The lowest BCUT2D eigenvalue weighted by Crippen LogP contribution is -2.19. The number of benzene rings is 13. The van der Waals surface area contributed by atoms with Gasteiger partial charge in [-0.1, -0.05) is 282 Å². The van der Waals surface area contributed by atoms with E-state index in [-0.39, 0.29) is 0 Å². The Hall–Kier alpha value is -10.3. The zero-order valence-electron chi connectivity index (χ0n) is 53.8. The molecule has 2 unspecified atom stereocenters. The van der Waals surface area contributed by atoms with Gasteiger partial charge in [0.1, 0.15) is 0 Å². The second-order valence-corrected chi connectivity index (χ2v) is 26.0. The molecule has 14 rings (SSSR count). The molecule has 0 aromatic heterocycles. The van der Waals surface area contributed by atoms with Crippen molar-refractivity contribution >= 4 is 72.0 Å². The quantitative estimate of drug-likeness (QED) is 0.100. The summed E-state index contributed by atoms with van der Waals surface area (Å²) in [6.07, 6.45) is 6.93. The van der Waals surface area contributed by atoms with Crippen molar-refractivity contribution in [2.75, 3.05) is 9.80 Å². The molecule has 0 saturated carbocycles. The Balaban J connectivity index is 0.809. The second-order valence-electron chi connectivity index (χ2n) is 26.0. The Labute approximate surface area is 538 Å². The van der Waals surface area contributed by atoms with Crippen molar-refractivity contribution < 1.29 is 0 Å². The summed E-state index contributed by atoms with van der Waals surface area (Å²) in [6.45, 7) is 20.4. The van der Waals surface area contributed by atoms with Crippen molar-refractivity contribution in [3.63, 3.8) is 0 Å². The number of nitrogens with zero attached hydrogens (tertiary/aromatic N) is 2. The normalized spacial score (nSPS) is 14.0. The minimum atomic E-state index is 0.492. The monoisotopic (exact) mass is 1170 g/mol. The van der Waals surface area contributed by atoms with Gasteiger partial charge in [0, 0.05) is 33.5 Å². The molecule has 0 spiro atoms. The molecular weight excluding hydrogens is 1100 g/mol. The van der Waals surface area contributed by atoms with E-state index in [2.05, 4.69) is 357 Å². The van der Waals surface area contributed by atoms with Gasteiger partial charge in [-0.2, -0.15) is 0 Å². The Morgan fingerprint density at radius 1 is 0.308 bits per heavy atom. The number of aryl methyl sites for hydroxylation is 4. The van der Waals surface area contributed by atoms with Crippen LogP contribution < -0.4 is 9.80 Å². The van der Waals surface area contributed by atoms with E-state index in [0.717, 1.165) is 34.1 Å². The summed E-state index contributed by atoms with van der Waals surface area (Å²) in [5, 5.41) is 7.18. The first-order valence-corrected chi connectivity index (χ1v) is 32.5. The number of rotatable bonds is 14. The SMILES string of the molecule is Cc1ccc(N(c2ccc(-c3ccc(-c4ccc(C5=CC=CC(C(C)C)C5C)cc4)cc3)cc2)c2cc3c4ccccc4c(N(c4ccc(-c5ccc(-c6ccc(-c7cccc(C(C)C)c7)cc6)cc5)cc4)c4ccc(C)cc4C)cc3c3ccccc23)c(C)c1. The summed E-state index contributed by atoms with van der Waals surface area (Å²) in [5.41, 5.74) is 27.9. The van der Waals surface area contributed by atoms with Crippen LogP contribution in [-0.4, -0.2) is 0 Å². The van der Waals surface area contributed by atoms with Gasteiger partial charge in [-0.25, -0.2) is 0 Å². The molecule has 444 valence electrons. The van der Waals surface area contributed by atoms with Gasteiger partial charge in [0.2, 0.25) is 0 Å². The van der Waals surface area contributed by atoms with Crippen LogP contribution >= 0.6 is 0 Å². The highest BCUT2D eigenvalue weighted by Crippen LogP contribution is 2.49. The van der Waals surface area contributed by atoms with Gasteiger partial charge in [-0.05, 0) is 205 Å². The maximum absolute atomic E-state index is 2.49. The van der Waals surface area contributed by atoms with Crippen LogP contribution in [0.15, 0.2) is 285 Å². The maximum atomic E-state index is 2.49. The van der Waals surface area contributed by atoms with Crippen molar-refractivity contribution in [3.8, 4) is 55.6 Å². The Morgan fingerprint density at radius 2 is 0.670 bits per heavy atom. The summed E-state index contributed by atoms with van der Waals surface area (Å²) < 4.78 is 0. The van der Waals surface area contributed by atoms with E-state index in [0.29, 0.717) is 23.7 Å². The predicted molar refractivity (Wildman–Crippen MR) is 393 cm³/mol. The molecule has 0 aliphatic heterocycles. The molecule has 0 fully saturated rings. The molecule has 1 aliphatic rings. The van der Waals surface area contributed by atoms with Gasteiger partial charge >= 0.3 is 0 Å². The first-order chi connectivity index (χ1) is 44.3. The summed E-state index contributed by atoms with van der Waals surface area (Å²) in [5.74, 6) is 2.15. The minimum Gasteiger partial charge on any atom is -0.310 e. The summed E-state index contributed by atoms with van der Waals surface area (Å²) in [6, 6.07) is 100. The molecule has 0 amide bonds. The molecule has 0 bridgehead atoms. The van der Waals surface area contributed by atoms with Crippen molar-refractivity contribution in [3.05, 3.63) is 319 Å². The summed E-state index contributed by atoms with van der Waals surface area (Å²) in [7, 11) is 0. The predicted octanol–water partition coefficient (Wildman–Crippen LogP) is 25.6. The molecule has 0 radical (unpaired) electrons. The molecule has 13 aromatic rings. The Kier molecular flexibility index (Phi) is 15.8. The molecule has 2 atom stereocenters. The molecule has 2 heteroatoms. The van der Waals surface area contributed by atoms with Crippen LogP contribution in [0.25, 0.3) is 93.5 Å². The van der Waals surface area contributed by atoms with Gasteiger partial charge in [-0.3, -0.25) is 0 Å². The fraction of sp³-hybridized carbons (Fsp3) is 0.146. The number of hydrogen-bond donors (Lipinski definition) is 0.